The highest BCUT2D eigenvalue weighted by Gasteiger charge is 2.31. The van der Waals surface area contributed by atoms with Crippen LogP contribution in [0.4, 0.5) is 5.69 Å². The van der Waals surface area contributed by atoms with E-state index in [9.17, 15) is 14.7 Å². The molecule has 0 radical (unpaired) electrons. The average Bonchev–Trinajstić information content (AvgIpc) is 3.40. The van der Waals surface area contributed by atoms with Crippen LogP contribution in [0.15, 0.2) is 24.3 Å². The maximum absolute atomic E-state index is 12.7. The molecule has 1 aliphatic carbocycles. The molecule has 1 aromatic rings. The van der Waals surface area contributed by atoms with E-state index >= 15 is 0 Å². The van der Waals surface area contributed by atoms with Gasteiger partial charge in [0.2, 0.25) is 5.91 Å². The van der Waals surface area contributed by atoms with Gasteiger partial charge in [0.05, 0.1) is 12.1 Å². The summed E-state index contributed by atoms with van der Waals surface area (Å²) in [5.41, 5.74) is 1.33. The van der Waals surface area contributed by atoms with Gasteiger partial charge in [-0.2, -0.15) is 0 Å². The Labute approximate surface area is 136 Å². The Hall–Kier alpha value is -1.88. The van der Waals surface area contributed by atoms with Crippen molar-refractivity contribution in [3.63, 3.8) is 0 Å². The summed E-state index contributed by atoms with van der Waals surface area (Å²) in [5, 5.41) is 12.8. The van der Waals surface area contributed by atoms with Gasteiger partial charge in [0, 0.05) is 23.7 Å². The number of nitrogens with zero attached hydrogens (tertiary/aromatic N) is 1. The zero-order valence-electron chi connectivity index (χ0n) is 13.5. The first kappa shape index (κ1) is 16.0. The fourth-order valence-corrected chi connectivity index (χ4v) is 3.16. The Morgan fingerprint density at radius 2 is 1.87 bits per heavy atom. The van der Waals surface area contributed by atoms with Crippen LogP contribution in [0.3, 0.4) is 0 Å². The number of rotatable bonds is 4. The molecule has 2 unspecified atom stereocenters. The molecule has 0 spiro atoms. The fourth-order valence-electron chi connectivity index (χ4n) is 3.16. The minimum atomic E-state index is -0.517. The van der Waals surface area contributed by atoms with Gasteiger partial charge in [0.25, 0.3) is 5.91 Å². The normalized spacial score (nSPS) is 22.5. The molecule has 2 fully saturated rings. The molecular weight excluding hydrogens is 292 g/mol. The number of benzene rings is 1. The summed E-state index contributed by atoms with van der Waals surface area (Å²) < 4.78 is 0. The lowest BCUT2D eigenvalue weighted by atomic mass is 9.97. The summed E-state index contributed by atoms with van der Waals surface area (Å²) in [6.07, 6.45) is 4.29. The highest BCUT2D eigenvalue weighted by atomic mass is 16.3. The van der Waals surface area contributed by atoms with E-state index in [-0.39, 0.29) is 23.8 Å². The molecule has 1 heterocycles. The minimum absolute atomic E-state index is 0.0457. The first-order chi connectivity index (χ1) is 11.1. The van der Waals surface area contributed by atoms with Crippen LogP contribution in [0.1, 0.15) is 49.4 Å². The van der Waals surface area contributed by atoms with Crippen LogP contribution in [0.25, 0.3) is 0 Å². The number of piperidine rings is 1. The van der Waals surface area contributed by atoms with E-state index in [2.05, 4.69) is 5.32 Å². The Bertz CT molecular complexity index is 578. The summed E-state index contributed by atoms with van der Waals surface area (Å²) in [4.78, 5) is 26.2. The molecule has 5 nitrogen and oxygen atoms in total. The van der Waals surface area contributed by atoms with Gasteiger partial charge in [-0.3, -0.25) is 9.59 Å². The molecule has 0 aromatic heterocycles. The molecule has 1 aliphatic heterocycles. The van der Waals surface area contributed by atoms with Crippen LogP contribution in [0.5, 0.6) is 0 Å². The third kappa shape index (κ3) is 3.72. The Balaban J connectivity index is 1.67. The number of carbonyl (C=O) groups is 2. The Morgan fingerprint density at radius 1 is 1.17 bits per heavy atom. The SMILES string of the molecule is CC(O)C1CCCCN1C(=O)c1ccc(NC(=O)C2CC2)cc1. The first-order valence-electron chi connectivity index (χ1n) is 8.46. The summed E-state index contributed by atoms with van der Waals surface area (Å²) in [5.74, 6) is 0.182. The van der Waals surface area contributed by atoms with Gasteiger partial charge in [0.1, 0.15) is 0 Å². The fraction of sp³-hybridized carbons (Fsp3) is 0.556. The summed E-state index contributed by atoms with van der Waals surface area (Å²) >= 11 is 0. The van der Waals surface area contributed by atoms with Crippen molar-refractivity contribution in [1.29, 1.82) is 0 Å². The standard InChI is InChI=1S/C18H24N2O3/c1-12(21)16-4-2-3-11-20(16)18(23)14-7-9-15(10-8-14)19-17(22)13-5-6-13/h7-10,12-13,16,21H,2-6,11H2,1H3,(H,19,22). The van der Waals surface area contributed by atoms with Crippen LogP contribution in [0, 0.1) is 5.92 Å². The second kappa shape index (κ2) is 6.71. The number of hydrogen-bond donors (Lipinski definition) is 2. The third-order valence-corrected chi connectivity index (χ3v) is 4.71. The van der Waals surface area contributed by atoms with Crippen molar-refractivity contribution in [2.75, 3.05) is 11.9 Å². The van der Waals surface area contributed by atoms with E-state index in [4.69, 9.17) is 0 Å². The monoisotopic (exact) mass is 316 g/mol. The van der Waals surface area contributed by atoms with Gasteiger partial charge in [-0.25, -0.2) is 0 Å². The highest BCUT2D eigenvalue weighted by Crippen LogP contribution is 2.30. The molecule has 2 aliphatic rings. The Morgan fingerprint density at radius 3 is 2.48 bits per heavy atom. The number of hydrogen-bond acceptors (Lipinski definition) is 3. The average molecular weight is 316 g/mol. The van der Waals surface area contributed by atoms with Crippen molar-refractivity contribution in [2.24, 2.45) is 5.92 Å². The second-order valence-electron chi connectivity index (χ2n) is 6.64. The molecule has 1 aromatic carbocycles. The topological polar surface area (TPSA) is 69.6 Å². The van der Waals surface area contributed by atoms with Gasteiger partial charge < -0.3 is 15.3 Å². The summed E-state index contributed by atoms with van der Waals surface area (Å²) in [6, 6.07) is 6.94. The molecule has 0 bridgehead atoms. The van der Waals surface area contributed by atoms with Crippen LogP contribution in [-0.2, 0) is 4.79 Å². The van der Waals surface area contributed by atoms with Crippen molar-refractivity contribution in [3.8, 4) is 0 Å². The summed E-state index contributed by atoms with van der Waals surface area (Å²) in [7, 11) is 0. The smallest absolute Gasteiger partial charge is 0.254 e. The number of anilines is 1. The number of amides is 2. The van der Waals surface area contributed by atoms with E-state index < -0.39 is 6.10 Å². The largest absolute Gasteiger partial charge is 0.391 e. The van der Waals surface area contributed by atoms with Gasteiger partial charge in [0.15, 0.2) is 0 Å². The van der Waals surface area contributed by atoms with E-state index in [1.54, 1.807) is 36.1 Å². The van der Waals surface area contributed by atoms with E-state index in [0.717, 1.165) is 37.8 Å². The molecule has 2 atom stereocenters. The second-order valence-corrected chi connectivity index (χ2v) is 6.64. The Kier molecular flexibility index (Phi) is 4.66. The van der Waals surface area contributed by atoms with Crippen molar-refractivity contribution in [2.45, 2.75) is 51.2 Å². The van der Waals surface area contributed by atoms with Gasteiger partial charge in [-0.15, -0.1) is 0 Å². The highest BCUT2D eigenvalue weighted by molar-refractivity contribution is 5.97. The molecule has 5 heteroatoms. The number of likely N-dealkylation sites (tertiary alicyclic amines) is 1. The lowest BCUT2D eigenvalue weighted by Crippen LogP contribution is -2.48. The number of nitrogens with one attached hydrogen (secondary N) is 1. The molecule has 124 valence electrons. The van der Waals surface area contributed by atoms with Crippen LogP contribution in [0.2, 0.25) is 0 Å². The van der Waals surface area contributed by atoms with Crippen LogP contribution < -0.4 is 5.32 Å². The van der Waals surface area contributed by atoms with Crippen molar-refractivity contribution in [3.05, 3.63) is 29.8 Å². The van der Waals surface area contributed by atoms with E-state index in [1.807, 2.05) is 0 Å². The van der Waals surface area contributed by atoms with Crippen LogP contribution in [-0.4, -0.2) is 40.5 Å². The van der Waals surface area contributed by atoms with E-state index in [0.29, 0.717) is 12.1 Å². The van der Waals surface area contributed by atoms with Gasteiger partial charge in [-0.05, 0) is 63.3 Å². The van der Waals surface area contributed by atoms with Crippen molar-refractivity contribution in [1.82, 2.24) is 4.90 Å². The molecule has 23 heavy (non-hydrogen) atoms. The number of carbonyl (C=O) groups excluding carboxylic acids is 2. The molecular formula is C18H24N2O3. The van der Waals surface area contributed by atoms with Gasteiger partial charge >= 0.3 is 0 Å². The maximum Gasteiger partial charge on any atom is 0.254 e. The number of aliphatic hydroxyl groups is 1. The van der Waals surface area contributed by atoms with Crippen molar-refractivity contribution >= 4 is 17.5 Å². The van der Waals surface area contributed by atoms with E-state index in [1.165, 1.54) is 0 Å². The first-order valence-corrected chi connectivity index (χ1v) is 8.46. The predicted octanol–water partition coefficient (Wildman–Crippen LogP) is 2.41. The lowest BCUT2D eigenvalue weighted by Gasteiger charge is -2.37. The van der Waals surface area contributed by atoms with Crippen LogP contribution >= 0.6 is 0 Å². The number of aliphatic hydroxyl groups excluding tert-OH is 1. The molecule has 1 saturated heterocycles. The molecule has 2 N–H and O–H groups in total. The molecule has 1 saturated carbocycles. The van der Waals surface area contributed by atoms with Crippen molar-refractivity contribution < 1.29 is 14.7 Å². The third-order valence-electron chi connectivity index (χ3n) is 4.71. The lowest BCUT2D eigenvalue weighted by molar-refractivity contribution is -0.117. The molecule has 2 amide bonds. The predicted molar refractivity (Wildman–Crippen MR) is 88.2 cm³/mol. The zero-order chi connectivity index (χ0) is 16.4. The molecule has 3 rings (SSSR count). The quantitative estimate of drug-likeness (QED) is 0.896. The zero-order valence-corrected chi connectivity index (χ0v) is 13.5. The minimum Gasteiger partial charge on any atom is -0.391 e. The van der Waals surface area contributed by atoms with Gasteiger partial charge in [-0.1, -0.05) is 0 Å². The maximum atomic E-state index is 12.7. The summed E-state index contributed by atoms with van der Waals surface area (Å²) in [6.45, 7) is 2.43.